The maximum atomic E-state index is 11.8. The van der Waals surface area contributed by atoms with Crippen LogP contribution in [0.1, 0.15) is 18.5 Å². The van der Waals surface area contributed by atoms with E-state index in [1.54, 1.807) is 20.2 Å². The van der Waals surface area contributed by atoms with Gasteiger partial charge in [-0.15, -0.1) is 0 Å². The monoisotopic (exact) mass is 298 g/mol. The molecule has 0 radical (unpaired) electrons. The third-order valence-corrected chi connectivity index (χ3v) is 2.73. The average molecular weight is 298 g/mol. The van der Waals surface area contributed by atoms with E-state index in [1.807, 2.05) is 0 Å². The molecule has 1 aromatic heterocycles. The van der Waals surface area contributed by atoms with Crippen LogP contribution in [0.3, 0.4) is 0 Å². The summed E-state index contributed by atoms with van der Waals surface area (Å²) in [4.78, 5) is 33.8. The van der Waals surface area contributed by atoms with Crippen LogP contribution in [-0.2, 0) is 21.4 Å². The van der Waals surface area contributed by atoms with Gasteiger partial charge in [-0.2, -0.15) is 5.10 Å². The molecule has 116 valence electrons. The highest BCUT2D eigenvalue weighted by atomic mass is 16.5. The number of carboxylic acids is 1. The van der Waals surface area contributed by atoms with Gasteiger partial charge in [0.05, 0.1) is 18.5 Å². The lowest BCUT2D eigenvalue weighted by Crippen LogP contribution is -2.43. The molecule has 1 rings (SSSR count). The van der Waals surface area contributed by atoms with Gasteiger partial charge in [-0.05, 0) is 13.3 Å². The van der Waals surface area contributed by atoms with Gasteiger partial charge < -0.3 is 20.5 Å². The molecule has 0 spiro atoms. The summed E-state index contributed by atoms with van der Waals surface area (Å²) in [6.45, 7) is 1.71. The van der Waals surface area contributed by atoms with Gasteiger partial charge in [-0.3, -0.25) is 9.48 Å². The van der Waals surface area contributed by atoms with Crippen molar-refractivity contribution in [3.63, 3.8) is 0 Å². The molecule has 0 bridgehead atoms. The van der Waals surface area contributed by atoms with E-state index in [0.29, 0.717) is 11.4 Å². The summed E-state index contributed by atoms with van der Waals surface area (Å²) in [6.07, 6.45) is 1.44. The Hall–Kier alpha value is -2.58. The van der Waals surface area contributed by atoms with Crippen LogP contribution in [0.2, 0.25) is 0 Å². The number of hydrogen-bond acceptors (Lipinski definition) is 5. The van der Waals surface area contributed by atoms with Crippen LogP contribution >= 0.6 is 0 Å². The normalized spacial score (nSPS) is 11.6. The highest BCUT2D eigenvalue weighted by molar-refractivity contribution is 5.92. The zero-order valence-electron chi connectivity index (χ0n) is 12.0. The largest absolute Gasteiger partial charge is 0.480 e. The van der Waals surface area contributed by atoms with Gasteiger partial charge in [0.15, 0.2) is 0 Å². The molecule has 1 atom stereocenters. The van der Waals surface area contributed by atoms with Crippen LogP contribution in [0.5, 0.6) is 0 Å². The van der Waals surface area contributed by atoms with Crippen molar-refractivity contribution >= 4 is 23.7 Å². The smallest absolute Gasteiger partial charge is 0.326 e. The summed E-state index contributed by atoms with van der Waals surface area (Å²) in [5.41, 5.74) is 1.08. The van der Waals surface area contributed by atoms with Gasteiger partial charge in [0.25, 0.3) is 0 Å². The van der Waals surface area contributed by atoms with Crippen LogP contribution in [-0.4, -0.2) is 46.0 Å². The van der Waals surface area contributed by atoms with Crippen molar-refractivity contribution in [2.24, 2.45) is 7.05 Å². The summed E-state index contributed by atoms with van der Waals surface area (Å²) in [5.74, 6) is -1.76. The van der Waals surface area contributed by atoms with Crippen LogP contribution in [0.25, 0.3) is 0 Å². The van der Waals surface area contributed by atoms with Gasteiger partial charge in [0, 0.05) is 19.7 Å². The predicted molar refractivity (Wildman–Crippen MR) is 72.8 cm³/mol. The first-order chi connectivity index (χ1) is 9.83. The summed E-state index contributed by atoms with van der Waals surface area (Å²) in [6, 6.07) is -1.86. The number of methoxy groups -OCH3 is 1. The molecule has 0 saturated heterocycles. The Labute approximate surface area is 121 Å². The van der Waals surface area contributed by atoms with E-state index in [2.05, 4.69) is 20.5 Å². The minimum absolute atomic E-state index is 0.0541. The number of carbonyl (C=O) groups is 3. The second-order valence-electron chi connectivity index (χ2n) is 4.41. The molecule has 9 nitrogen and oxygen atoms in total. The number of carboxylic acid groups (broad SMARTS) is 1. The number of carbonyl (C=O) groups excluding carboxylic acids is 2. The molecule has 3 N–H and O–H groups in total. The molecular formula is C12H18N4O5. The fourth-order valence-electron chi connectivity index (χ4n) is 1.66. The topological polar surface area (TPSA) is 123 Å². The summed E-state index contributed by atoms with van der Waals surface area (Å²) in [7, 11) is 2.91. The highest BCUT2D eigenvalue weighted by Gasteiger charge is 2.21. The molecule has 9 heteroatoms. The van der Waals surface area contributed by atoms with Gasteiger partial charge in [-0.1, -0.05) is 0 Å². The van der Waals surface area contributed by atoms with Crippen molar-refractivity contribution < 1.29 is 24.2 Å². The number of nitrogens with one attached hydrogen (secondary N) is 2. The number of anilines is 1. The van der Waals surface area contributed by atoms with Crippen LogP contribution in [0, 0.1) is 6.92 Å². The van der Waals surface area contributed by atoms with Crippen molar-refractivity contribution in [2.75, 3.05) is 12.4 Å². The Kier molecular flexibility index (Phi) is 5.70. The molecule has 0 aliphatic rings. The van der Waals surface area contributed by atoms with E-state index < -0.39 is 24.0 Å². The van der Waals surface area contributed by atoms with Crippen molar-refractivity contribution in [2.45, 2.75) is 25.8 Å². The number of aryl methyl sites for hydroxylation is 2. The zero-order chi connectivity index (χ0) is 16.0. The average Bonchev–Trinajstić information content (AvgIpc) is 2.71. The maximum Gasteiger partial charge on any atom is 0.326 e. The van der Waals surface area contributed by atoms with Crippen molar-refractivity contribution in [1.82, 2.24) is 15.1 Å². The fourth-order valence-corrected chi connectivity index (χ4v) is 1.66. The maximum absolute atomic E-state index is 11.8. The highest BCUT2D eigenvalue weighted by Crippen LogP contribution is 2.11. The first-order valence-electron chi connectivity index (χ1n) is 6.21. The van der Waals surface area contributed by atoms with E-state index in [9.17, 15) is 14.4 Å². The van der Waals surface area contributed by atoms with E-state index in [1.165, 1.54) is 11.8 Å². The molecule has 1 aromatic rings. The number of aromatic nitrogens is 2. The van der Waals surface area contributed by atoms with Gasteiger partial charge in [-0.25, -0.2) is 9.59 Å². The van der Waals surface area contributed by atoms with Crippen molar-refractivity contribution in [1.29, 1.82) is 0 Å². The molecule has 1 heterocycles. The number of amides is 2. The first-order valence-corrected chi connectivity index (χ1v) is 6.21. The summed E-state index contributed by atoms with van der Waals surface area (Å²) >= 11 is 0. The molecule has 0 aliphatic carbocycles. The molecule has 0 unspecified atom stereocenters. The molecule has 0 fully saturated rings. The fraction of sp³-hybridized carbons (Fsp3) is 0.500. The van der Waals surface area contributed by atoms with Gasteiger partial charge in [0.1, 0.15) is 6.04 Å². The Morgan fingerprint density at radius 2 is 2.14 bits per heavy atom. The lowest BCUT2D eigenvalue weighted by atomic mass is 10.1. The van der Waals surface area contributed by atoms with E-state index in [-0.39, 0.29) is 12.8 Å². The predicted octanol–water partition coefficient (Wildman–Crippen LogP) is 0.256. The minimum atomic E-state index is -1.23. The van der Waals surface area contributed by atoms with Crippen LogP contribution < -0.4 is 10.6 Å². The molecule has 0 saturated carbocycles. The van der Waals surface area contributed by atoms with E-state index >= 15 is 0 Å². The van der Waals surface area contributed by atoms with Crippen LogP contribution in [0.15, 0.2) is 6.20 Å². The number of hydrogen-bond donors (Lipinski definition) is 3. The number of esters is 1. The van der Waals surface area contributed by atoms with Crippen molar-refractivity contribution in [3.8, 4) is 0 Å². The zero-order valence-corrected chi connectivity index (χ0v) is 12.0. The summed E-state index contributed by atoms with van der Waals surface area (Å²) in [5, 5.41) is 17.9. The molecular weight excluding hydrogens is 280 g/mol. The third kappa shape index (κ3) is 5.13. The SMILES string of the molecule is COC(=O)CC[C@@H](NC(=O)Nc1cn(C)nc1C)C(=O)O. The number of nitrogens with zero attached hydrogens (tertiary/aromatic N) is 2. The standard InChI is InChI=1S/C12H18N4O5/c1-7-9(6-16(2)15-7)14-12(20)13-8(11(18)19)4-5-10(17)21-3/h6,8H,4-5H2,1-3H3,(H,18,19)(H2,13,14,20)/t8-/m1/s1. The minimum Gasteiger partial charge on any atom is -0.480 e. The van der Waals surface area contributed by atoms with Gasteiger partial charge >= 0.3 is 18.0 Å². The van der Waals surface area contributed by atoms with Crippen LogP contribution in [0.4, 0.5) is 10.5 Å². The van der Waals surface area contributed by atoms with Gasteiger partial charge in [0.2, 0.25) is 0 Å². The Balaban J connectivity index is 2.58. The Morgan fingerprint density at radius 1 is 1.48 bits per heavy atom. The Bertz CT molecular complexity index is 540. The number of rotatable bonds is 6. The molecule has 21 heavy (non-hydrogen) atoms. The Morgan fingerprint density at radius 3 is 2.62 bits per heavy atom. The second kappa shape index (κ2) is 7.27. The molecule has 0 aliphatic heterocycles. The molecule has 0 aromatic carbocycles. The molecule has 2 amide bonds. The van der Waals surface area contributed by atoms with E-state index in [0.717, 1.165) is 0 Å². The van der Waals surface area contributed by atoms with E-state index in [4.69, 9.17) is 5.11 Å². The summed E-state index contributed by atoms with van der Waals surface area (Å²) < 4.78 is 5.95. The van der Waals surface area contributed by atoms with Crippen molar-refractivity contribution in [3.05, 3.63) is 11.9 Å². The number of aliphatic carboxylic acids is 1. The first kappa shape index (κ1) is 16.5. The lowest BCUT2D eigenvalue weighted by Gasteiger charge is -2.14. The second-order valence-corrected chi connectivity index (χ2v) is 4.41. The number of urea groups is 1. The lowest BCUT2D eigenvalue weighted by molar-refractivity contribution is -0.142. The quantitative estimate of drug-likeness (QED) is 0.647. The number of ether oxygens (including phenoxy) is 1. The third-order valence-electron chi connectivity index (χ3n) is 2.73.